The topological polar surface area (TPSA) is 54.0 Å². The lowest BCUT2D eigenvalue weighted by Gasteiger charge is -2.32. The molecule has 5 nitrogen and oxygen atoms in total. The van der Waals surface area contributed by atoms with Crippen molar-refractivity contribution >= 4 is 13.1 Å². The van der Waals surface area contributed by atoms with Gasteiger partial charge in [-0.15, -0.1) is 0 Å². The molecule has 0 unspecified atom stereocenters. The van der Waals surface area contributed by atoms with Crippen LogP contribution in [0.4, 0.5) is 0 Å². The molecule has 0 aliphatic carbocycles. The van der Waals surface area contributed by atoms with E-state index in [1.165, 1.54) is 0 Å². The number of carbonyl (C=O) groups excluding carboxylic acids is 1. The third-order valence-electron chi connectivity index (χ3n) is 4.35. The van der Waals surface area contributed by atoms with Gasteiger partial charge in [-0.1, -0.05) is 0 Å². The minimum absolute atomic E-state index is 0.0589. The molecular weight excluding hydrogens is 271 g/mol. The van der Waals surface area contributed by atoms with Crippen LogP contribution in [0.15, 0.2) is 0 Å². The first-order valence-corrected chi connectivity index (χ1v) is 7.61. The summed E-state index contributed by atoms with van der Waals surface area (Å²) in [6.45, 7) is 14.1. The lowest BCUT2D eigenvalue weighted by molar-refractivity contribution is -0.165. The molecule has 0 radical (unpaired) electrons. The monoisotopic (exact) mass is 298 g/mol. The molecule has 2 saturated heterocycles. The van der Waals surface area contributed by atoms with Crippen LogP contribution in [0.1, 0.15) is 54.9 Å². The number of rotatable bonds is 2. The molecule has 0 aromatic heterocycles. The van der Waals surface area contributed by atoms with Gasteiger partial charge in [0.05, 0.1) is 11.2 Å². The Bertz CT molecular complexity index is 397. The van der Waals surface area contributed by atoms with Crippen LogP contribution in [0, 0.1) is 0 Å². The van der Waals surface area contributed by atoms with Crippen LogP contribution < -0.4 is 0 Å². The summed E-state index contributed by atoms with van der Waals surface area (Å²) >= 11 is 0. The number of esters is 1. The Kier molecular flexibility index (Phi) is 4.19. The highest BCUT2D eigenvalue weighted by molar-refractivity contribution is 6.47. The van der Waals surface area contributed by atoms with Crippen molar-refractivity contribution in [3.63, 3.8) is 0 Å². The second kappa shape index (κ2) is 5.25. The molecule has 2 atom stereocenters. The van der Waals surface area contributed by atoms with Crippen LogP contribution in [0.2, 0.25) is 5.82 Å². The smallest absolute Gasteiger partial charge is 0.458 e. The molecular formula is C15H27BO5. The number of hydrogen-bond acceptors (Lipinski definition) is 5. The SMILES string of the molecule is CC(C)(C)OC(=O)[C@@H]1C[C@@H](B2OC(C)(C)C(C)(C)O2)CO1. The largest absolute Gasteiger partial charge is 0.463 e. The predicted octanol–water partition coefficient (Wildman–Crippen LogP) is 2.58. The van der Waals surface area contributed by atoms with Crippen molar-refractivity contribution in [2.75, 3.05) is 6.61 Å². The highest BCUT2D eigenvalue weighted by Gasteiger charge is 2.55. The molecule has 2 aliphatic rings. The summed E-state index contributed by atoms with van der Waals surface area (Å²) < 4.78 is 23.0. The van der Waals surface area contributed by atoms with Crippen LogP contribution in [-0.2, 0) is 23.6 Å². The van der Waals surface area contributed by atoms with Crippen molar-refractivity contribution in [3.8, 4) is 0 Å². The maximum Gasteiger partial charge on any atom is 0.463 e. The summed E-state index contributed by atoms with van der Waals surface area (Å²) in [5, 5.41) is 0. The quantitative estimate of drug-likeness (QED) is 0.579. The Morgan fingerprint density at radius 2 is 1.67 bits per heavy atom. The van der Waals surface area contributed by atoms with Crippen LogP contribution in [0.25, 0.3) is 0 Å². The molecule has 120 valence electrons. The molecule has 2 heterocycles. The zero-order valence-corrected chi connectivity index (χ0v) is 14.2. The Morgan fingerprint density at radius 1 is 1.14 bits per heavy atom. The van der Waals surface area contributed by atoms with Crippen molar-refractivity contribution in [1.82, 2.24) is 0 Å². The van der Waals surface area contributed by atoms with Crippen molar-refractivity contribution in [2.45, 2.75) is 83.6 Å². The highest BCUT2D eigenvalue weighted by atomic mass is 16.7. The van der Waals surface area contributed by atoms with Crippen molar-refractivity contribution in [1.29, 1.82) is 0 Å². The van der Waals surface area contributed by atoms with E-state index in [1.807, 2.05) is 48.5 Å². The van der Waals surface area contributed by atoms with Crippen molar-refractivity contribution < 1.29 is 23.6 Å². The molecule has 21 heavy (non-hydrogen) atoms. The molecule has 2 rings (SSSR count). The maximum absolute atomic E-state index is 12.0. The Morgan fingerprint density at radius 3 is 2.14 bits per heavy atom. The van der Waals surface area contributed by atoms with Gasteiger partial charge in [0, 0.05) is 12.4 Å². The fourth-order valence-corrected chi connectivity index (χ4v) is 2.45. The average molecular weight is 298 g/mol. The fraction of sp³-hybridized carbons (Fsp3) is 0.933. The summed E-state index contributed by atoms with van der Waals surface area (Å²) in [6.07, 6.45) is 0.0550. The van der Waals surface area contributed by atoms with E-state index in [9.17, 15) is 4.79 Å². The lowest BCUT2D eigenvalue weighted by Crippen LogP contribution is -2.41. The van der Waals surface area contributed by atoms with Gasteiger partial charge in [-0.3, -0.25) is 0 Å². The molecule has 0 spiro atoms. The normalized spacial score (nSPS) is 31.5. The first-order valence-electron chi connectivity index (χ1n) is 7.61. The zero-order valence-electron chi connectivity index (χ0n) is 14.2. The molecule has 0 aromatic rings. The number of hydrogen-bond donors (Lipinski definition) is 0. The predicted molar refractivity (Wildman–Crippen MR) is 80.0 cm³/mol. The third-order valence-corrected chi connectivity index (χ3v) is 4.35. The molecule has 0 aromatic carbocycles. The molecule has 2 aliphatic heterocycles. The Labute approximate surface area is 127 Å². The molecule has 0 bridgehead atoms. The van der Waals surface area contributed by atoms with Crippen molar-refractivity contribution in [2.24, 2.45) is 0 Å². The maximum atomic E-state index is 12.0. The van der Waals surface area contributed by atoms with Gasteiger partial charge in [0.2, 0.25) is 0 Å². The lowest BCUT2D eigenvalue weighted by atomic mass is 9.70. The van der Waals surface area contributed by atoms with E-state index in [2.05, 4.69) is 0 Å². The average Bonchev–Trinajstić information content (AvgIpc) is 2.80. The van der Waals surface area contributed by atoms with Gasteiger partial charge in [-0.05, 0) is 54.9 Å². The molecule has 6 heteroatoms. The van der Waals surface area contributed by atoms with E-state index in [0.717, 1.165) is 0 Å². The van der Waals surface area contributed by atoms with Gasteiger partial charge in [0.15, 0.2) is 6.10 Å². The summed E-state index contributed by atoms with van der Waals surface area (Å²) in [5.41, 5.74) is -1.22. The van der Waals surface area contributed by atoms with Gasteiger partial charge in [0.25, 0.3) is 0 Å². The first-order chi connectivity index (χ1) is 9.41. The van der Waals surface area contributed by atoms with Crippen LogP contribution >= 0.6 is 0 Å². The van der Waals surface area contributed by atoms with Crippen LogP contribution in [-0.4, -0.2) is 42.6 Å². The van der Waals surface area contributed by atoms with Gasteiger partial charge >= 0.3 is 13.1 Å². The highest BCUT2D eigenvalue weighted by Crippen LogP contribution is 2.43. The standard InChI is InChI=1S/C15H27BO5/c1-13(2,3)19-12(17)11-8-10(9-18-11)16-20-14(4,5)15(6,7)21-16/h10-11H,8-9H2,1-7H3/t10-,11+/m1/s1. The zero-order chi connectivity index (χ0) is 16.1. The minimum Gasteiger partial charge on any atom is -0.458 e. The summed E-state index contributed by atoms with van der Waals surface area (Å²) in [6, 6.07) is 0. The second-order valence-corrected chi connectivity index (χ2v) is 7.98. The minimum atomic E-state index is -0.520. The van der Waals surface area contributed by atoms with Gasteiger partial charge in [-0.25, -0.2) is 4.79 Å². The fourth-order valence-electron chi connectivity index (χ4n) is 2.45. The summed E-state index contributed by atoms with van der Waals surface area (Å²) in [4.78, 5) is 12.0. The van der Waals surface area contributed by atoms with Gasteiger partial charge < -0.3 is 18.8 Å². The number of carbonyl (C=O) groups is 1. The molecule has 2 fully saturated rings. The van der Waals surface area contributed by atoms with Gasteiger partial charge in [0.1, 0.15) is 5.60 Å². The van der Waals surface area contributed by atoms with Crippen molar-refractivity contribution in [3.05, 3.63) is 0 Å². The van der Waals surface area contributed by atoms with E-state index in [4.69, 9.17) is 18.8 Å². The van der Waals surface area contributed by atoms with E-state index in [1.54, 1.807) is 0 Å². The van der Waals surface area contributed by atoms with E-state index < -0.39 is 11.7 Å². The van der Waals surface area contributed by atoms with Crippen LogP contribution in [0.5, 0.6) is 0 Å². The number of ether oxygens (including phenoxy) is 2. The second-order valence-electron chi connectivity index (χ2n) is 7.98. The van der Waals surface area contributed by atoms with E-state index in [0.29, 0.717) is 13.0 Å². The Hall–Kier alpha value is -0.585. The summed E-state index contributed by atoms with van der Waals surface area (Å²) in [5.74, 6) is -0.245. The van der Waals surface area contributed by atoms with E-state index in [-0.39, 0.29) is 30.1 Å². The third kappa shape index (κ3) is 3.60. The Balaban J connectivity index is 1.93. The first kappa shape index (κ1) is 16.8. The van der Waals surface area contributed by atoms with Gasteiger partial charge in [-0.2, -0.15) is 0 Å². The van der Waals surface area contributed by atoms with E-state index >= 15 is 0 Å². The molecule has 0 amide bonds. The van der Waals surface area contributed by atoms with Crippen LogP contribution in [0.3, 0.4) is 0 Å². The molecule has 0 saturated carbocycles. The summed E-state index contributed by atoms with van der Waals surface area (Å²) in [7, 11) is -0.331. The molecule has 0 N–H and O–H groups in total.